The molecule has 1 N–H and O–H groups in total. The Bertz CT molecular complexity index is 420. The molecule has 0 fully saturated rings. The van der Waals surface area contributed by atoms with Gasteiger partial charge < -0.3 is 4.98 Å². The molecule has 15 heavy (non-hydrogen) atoms. The summed E-state index contributed by atoms with van der Waals surface area (Å²) in [5.41, 5.74) is -4.17. The molecule has 0 spiro atoms. The van der Waals surface area contributed by atoms with E-state index < -0.39 is 35.0 Å². The Balaban J connectivity index is 3.49. The largest absolute Gasteiger partial charge is 0.431 e. The Morgan fingerprint density at radius 1 is 1.33 bits per heavy atom. The van der Waals surface area contributed by atoms with Crippen LogP contribution in [0.3, 0.4) is 0 Å². The summed E-state index contributed by atoms with van der Waals surface area (Å²) in [6, 6.07) is 0.467. The number of rotatable bonds is 1. The van der Waals surface area contributed by atoms with Crippen LogP contribution in [0.15, 0.2) is 10.9 Å². The van der Waals surface area contributed by atoms with Crippen LogP contribution in [0.25, 0.3) is 0 Å². The summed E-state index contributed by atoms with van der Waals surface area (Å²) < 4.78 is 61.3. The van der Waals surface area contributed by atoms with Gasteiger partial charge in [-0.15, -0.1) is 0 Å². The standard InChI is InChI=1S/C8H6F5NO/c1-3-4(7(9)10)2-5(15)14-6(3)8(11,12)13/h2,7H,1H3,(H,14,15). The number of H-pyrrole nitrogens is 1. The third-order valence-electron chi connectivity index (χ3n) is 1.86. The van der Waals surface area contributed by atoms with Crippen LogP contribution in [0.5, 0.6) is 0 Å². The van der Waals surface area contributed by atoms with Gasteiger partial charge in [-0.25, -0.2) is 8.78 Å². The predicted octanol–water partition coefficient (Wildman–Crippen LogP) is 2.64. The molecule has 1 aromatic heterocycles. The van der Waals surface area contributed by atoms with E-state index >= 15 is 0 Å². The number of aromatic amines is 1. The molecular weight excluding hydrogens is 221 g/mol. The van der Waals surface area contributed by atoms with E-state index in [1.54, 1.807) is 0 Å². The van der Waals surface area contributed by atoms with Gasteiger partial charge in [0, 0.05) is 11.6 Å². The van der Waals surface area contributed by atoms with Gasteiger partial charge in [0.2, 0.25) is 5.56 Å². The fourth-order valence-electron chi connectivity index (χ4n) is 1.16. The molecule has 1 rings (SSSR count). The minimum atomic E-state index is -4.84. The molecule has 84 valence electrons. The van der Waals surface area contributed by atoms with E-state index in [0.29, 0.717) is 6.07 Å². The van der Waals surface area contributed by atoms with Crippen molar-refractivity contribution in [2.24, 2.45) is 0 Å². The van der Waals surface area contributed by atoms with Crippen LogP contribution in [0.4, 0.5) is 22.0 Å². The molecule has 0 saturated heterocycles. The molecule has 0 amide bonds. The lowest BCUT2D eigenvalue weighted by Gasteiger charge is -2.12. The summed E-state index contributed by atoms with van der Waals surface area (Å²) in [6.45, 7) is 0.889. The molecule has 0 aliphatic carbocycles. The second-order valence-corrected chi connectivity index (χ2v) is 2.89. The first-order valence-electron chi connectivity index (χ1n) is 3.82. The zero-order chi connectivity index (χ0) is 11.8. The summed E-state index contributed by atoms with van der Waals surface area (Å²) >= 11 is 0. The van der Waals surface area contributed by atoms with Crippen molar-refractivity contribution in [3.63, 3.8) is 0 Å². The zero-order valence-electron chi connectivity index (χ0n) is 7.45. The summed E-state index contributed by atoms with van der Waals surface area (Å²) in [4.78, 5) is 12.2. The molecule has 7 heteroatoms. The highest BCUT2D eigenvalue weighted by Gasteiger charge is 2.35. The van der Waals surface area contributed by atoms with E-state index in [9.17, 15) is 26.7 Å². The lowest BCUT2D eigenvalue weighted by molar-refractivity contribution is -0.141. The van der Waals surface area contributed by atoms with Crippen LogP contribution in [-0.2, 0) is 6.18 Å². The van der Waals surface area contributed by atoms with E-state index in [-0.39, 0.29) is 0 Å². The highest BCUT2D eigenvalue weighted by Crippen LogP contribution is 2.32. The van der Waals surface area contributed by atoms with E-state index in [4.69, 9.17) is 0 Å². The van der Waals surface area contributed by atoms with Gasteiger partial charge in [0.15, 0.2) is 0 Å². The molecule has 2 nitrogen and oxygen atoms in total. The van der Waals surface area contributed by atoms with Crippen LogP contribution in [0, 0.1) is 6.92 Å². The van der Waals surface area contributed by atoms with Crippen LogP contribution in [-0.4, -0.2) is 4.98 Å². The van der Waals surface area contributed by atoms with Gasteiger partial charge in [0.1, 0.15) is 5.69 Å². The molecule has 0 bridgehead atoms. The first kappa shape index (κ1) is 11.7. The van der Waals surface area contributed by atoms with E-state index in [1.165, 1.54) is 4.98 Å². The smallest absolute Gasteiger partial charge is 0.318 e. The Labute approximate surface area is 80.7 Å². The fraction of sp³-hybridized carbons (Fsp3) is 0.375. The van der Waals surface area contributed by atoms with Gasteiger partial charge in [-0.05, 0) is 12.5 Å². The summed E-state index contributed by atoms with van der Waals surface area (Å²) in [7, 11) is 0. The molecule has 1 aromatic rings. The van der Waals surface area contributed by atoms with E-state index in [1.807, 2.05) is 0 Å². The first-order valence-corrected chi connectivity index (χ1v) is 3.82. The van der Waals surface area contributed by atoms with Crippen LogP contribution in [0.2, 0.25) is 0 Å². The Morgan fingerprint density at radius 2 is 1.87 bits per heavy atom. The highest BCUT2D eigenvalue weighted by atomic mass is 19.4. The number of pyridine rings is 1. The van der Waals surface area contributed by atoms with Crippen LogP contribution < -0.4 is 5.56 Å². The zero-order valence-corrected chi connectivity index (χ0v) is 7.45. The summed E-state index contributed by atoms with van der Waals surface area (Å²) in [5.74, 6) is 0. The predicted molar refractivity (Wildman–Crippen MR) is 41.8 cm³/mol. The van der Waals surface area contributed by atoms with Crippen molar-refractivity contribution in [2.45, 2.75) is 19.5 Å². The summed E-state index contributed by atoms with van der Waals surface area (Å²) in [5, 5.41) is 0. The van der Waals surface area contributed by atoms with Crippen molar-refractivity contribution in [3.8, 4) is 0 Å². The molecule has 1 heterocycles. The van der Waals surface area contributed by atoms with Crippen molar-refractivity contribution in [3.05, 3.63) is 33.2 Å². The lowest BCUT2D eigenvalue weighted by Crippen LogP contribution is -2.19. The average molecular weight is 227 g/mol. The topological polar surface area (TPSA) is 32.9 Å². The van der Waals surface area contributed by atoms with Crippen molar-refractivity contribution >= 4 is 0 Å². The van der Waals surface area contributed by atoms with Gasteiger partial charge in [0.05, 0.1) is 0 Å². The van der Waals surface area contributed by atoms with Crippen molar-refractivity contribution < 1.29 is 22.0 Å². The number of aromatic nitrogens is 1. The normalized spacial score (nSPS) is 12.2. The summed E-state index contributed by atoms with van der Waals surface area (Å²) in [6.07, 6.45) is -7.94. The highest BCUT2D eigenvalue weighted by molar-refractivity contribution is 5.31. The number of halogens is 5. The lowest BCUT2D eigenvalue weighted by atomic mass is 10.1. The molecule has 0 aliphatic heterocycles. The number of nitrogens with one attached hydrogen (secondary N) is 1. The van der Waals surface area contributed by atoms with Crippen molar-refractivity contribution in [1.29, 1.82) is 0 Å². The molecule has 0 saturated carbocycles. The van der Waals surface area contributed by atoms with Crippen LogP contribution in [0.1, 0.15) is 23.2 Å². The molecule has 0 atom stereocenters. The third kappa shape index (κ3) is 2.34. The monoisotopic (exact) mass is 227 g/mol. The van der Waals surface area contributed by atoms with E-state index in [2.05, 4.69) is 0 Å². The second-order valence-electron chi connectivity index (χ2n) is 2.89. The number of hydrogen-bond donors (Lipinski definition) is 1. The maximum Gasteiger partial charge on any atom is 0.431 e. The van der Waals surface area contributed by atoms with Gasteiger partial charge in [-0.3, -0.25) is 4.79 Å². The molecular formula is C8H6F5NO. The van der Waals surface area contributed by atoms with Gasteiger partial charge in [-0.2, -0.15) is 13.2 Å². The van der Waals surface area contributed by atoms with Crippen molar-refractivity contribution in [1.82, 2.24) is 4.98 Å². The third-order valence-corrected chi connectivity index (χ3v) is 1.86. The molecule has 0 unspecified atom stereocenters. The van der Waals surface area contributed by atoms with E-state index in [0.717, 1.165) is 6.92 Å². The number of hydrogen-bond acceptors (Lipinski definition) is 1. The van der Waals surface area contributed by atoms with Gasteiger partial charge in [-0.1, -0.05) is 0 Å². The maximum atomic E-state index is 12.3. The average Bonchev–Trinajstić information content (AvgIpc) is 2.06. The number of alkyl halides is 5. The molecule has 0 aromatic carbocycles. The Morgan fingerprint density at radius 3 is 2.27 bits per heavy atom. The Kier molecular flexibility index (Phi) is 2.83. The van der Waals surface area contributed by atoms with Gasteiger partial charge in [0.25, 0.3) is 6.43 Å². The molecule has 0 radical (unpaired) electrons. The fourth-order valence-corrected chi connectivity index (χ4v) is 1.16. The van der Waals surface area contributed by atoms with Crippen LogP contribution >= 0.6 is 0 Å². The quantitative estimate of drug-likeness (QED) is 0.735. The second kappa shape index (κ2) is 3.63. The maximum absolute atomic E-state index is 12.3. The van der Waals surface area contributed by atoms with Gasteiger partial charge >= 0.3 is 6.18 Å². The minimum Gasteiger partial charge on any atom is -0.318 e. The van der Waals surface area contributed by atoms with Crippen molar-refractivity contribution in [2.75, 3.05) is 0 Å². The minimum absolute atomic E-state index is 0.467. The SMILES string of the molecule is Cc1c(C(F)F)cc(=O)[nH]c1C(F)(F)F. The molecule has 0 aliphatic rings. The Hall–Kier alpha value is -1.40. The first-order chi connectivity index (χ1) is 6.73.